The number of halogens is 3. The molecule has 6 nitrogen and oxygen atoms in total. The number of hydrogen-bond donors (Lipinski definition) is 3. The Morgan fingerprint density at radius 1 is 0.871 bits per heavy atom. The minimum Gasteiger partial charge on any atom is -0.481 e. The molecule has 2 aromatic carbocycles. The molecule has 0 heterocycles. The Morgan fingerprint density at radius 3 is 2.13 bits per heavy atom. The van der Waals surface area contributed by atoms with E-state index < -0.39 is 41.4 Å². The maximum Gasteiger partial charge on any atom is 0.416 e. The number of hydrogen-bond acceptors (Lipinski definition) is 3. The van der Waals surface area contributed by atoms with E-state index in [0.29, 0.717) is 18.5 Å². The molecule has 31 heavy (non-hydrogen) atoms. The number of carboxylic acids is 1. The summed E-state index contributed by atoms with van der Waals surface area (Å²) in [5.74, 6) is -3.48. The lowest BCUT2D eigenvalue weighted by Crippen LogP contribution is -2.36. The fourth-order valence-corrected chi connectivity index (χ4v) is 3.69. The van der Waals surface area contributed by atoms with Crippen molar-refractivity contribution in [3.05, 3.63) is 59.7 Å². The molecule has 164 valence electrons. The Labute approximate surface area is 176 Å². The third kappa shape index (κ3) is 5.62. The zero-order chi connectivity index (χ0) is 22.6. The van der Waals surface area contributed by atoms with Crippen LogP contribution in [-0.2, 0) is 15.8 Å². The Hall–Kier alpha value is -3.36. The minimum absolute atomic E-state index is 0.0132. The largest absolute Gasteiger partial charge is 0.481 e. The van der Waals surface area contributed by atoms with Crippen LogP contribution in [0.2, 0.25) is 0 Å². The summed E-state index contributed by atoms with van der Waals surface area (Å²) in [7, 11) is 0. The van der Waals surface area contributed by atoms with Crippen LogP contribution in [0, 0.1) is 11.8 Å². The molecular weight excluding hydrogens is 413 g/mol. The quantitative estimate of drug-likeness (QED) is 0.631. The van der Waals surface area contributed by atoms with Crippen molar-refractivity contribution in [2.75, 3.05) is 10.6 Å². The van der Waals surface area contributed by atoms with Gasteiger partial charge in [-0.2, -0.15) is 13.2 Å². The van der Waals surface area contributed by atoms with Crippen molar-refractivity contribution in [1.82, 2.24) is 0 Å². The summed E-state index contributed by atoms with van der Waals surface area (Å²) in [5.41, 5.74) is -0.461. The molecule has 2 aromatic rings. The van der Waals surface area contributed by atoms with Gasteiger partial charge in [-0.3, -0.25) is 14.4 Å². The average Bonchev–Trinajstić information content (AvgIpc) is 2.73. The normalized spacial score (nSPS) is 18.8. The van der Waals surface area contributed by atoms with Gasteiger partial charge in [0.25, 0.3) is 5.91 Å². The smallest absolute Gasteiger partial charge is 0.416 e. The summed E-state index contributed by atoms with van der Waals surface area (Å²) >= 11 is 0. The summed E-state index contributed by atoms with van der Waals surface area (Å²) in [6.07, 6.45) is -2.10. The summed E-state index contributed by atoms with van der Waals surface area (Å²) < 4.78 is 38.5. The first kappa shape index (κ1) is 22.3. The van der Waals surface area contributed by atoms with Crippen molar-refractivity contribution in [1.29, 1.82) is 0 Å². The fourth-order valence-electron chi connectivity index (χ4n) is 3.69. The fraction of sp³-hybridized carbons (Fsp3) is 0.318. The predicted octanol–water partition coefficient (Wildman–Crippen LogP) is 4.79. The van der Waals surface area contributed by atoms with E-state index in [4.69, 9.17) is 0 Å². The van der Waals surface area contributed by atoms with Gasteiger partial charge in [-0.15, -0.1) is 0 Å². The highest BCUT2D eigenvalue weighted by atomic mass is 19.4. The van der Waals surface area contributed by atoms with E-state index in [2.05, 4.69) is 10.6 Å². The van der Waals surface area contributed by atoms with Gasteiger partial charge in [-0.1, -0.05) is 25.0 Å². The number of benzene rings is 2. The number of rotatable bonds is 5. The first-order valence-electron chi connectivity index (χ1n) is 9.77. The molecule has 0 bridgehead atoms. The highest BCUT2D eigenvalue weighted by Crippen LogP contribution is 2.32. The summed E-state index contributed by atoms with van der Waals surface area (Å²) in [6.45, 7) is 0. The third-order valence-corrected chi connectivity index (χ3v) is 5.26. The molecule has 0 aliphatic heterocycles. The lowest BCUT2D eigenvalue weighted by atomic mass is 9.78. The van der Waals surface area contributed by atoms with Crippen LogP contribution in [-0.4, -0.2) is 22.9 Å². The molecule has 0 saturated heterocycles. The Bertz CT molecular complexity index is 991. The molecular formula is C22H21F3N2O4. The maximum atomic E-state index is 12.8. The van der Waals surface area contributed by atoms with Crippen molar-refractivity contribution in [3.8, 4) is 0 Å². The average molecular weight is 434 g/mol. The van der Waals surface area contributed by atoms with Gasteiger partial charge in [0, 0.05) is 16.9 Å². The van der Waals surface area contributed by atoms with Crippen molar-refractivity contribution >= 4 is 29.2 Å². The maximum absolute atomic E-state index is 12.8. The monoisotopic (exact) mass is 434 g/mol. The second-order valence-corrected chi connectivity index (χ2v) is 7.44. The molecule has 0 aromatic heterocycles. The van der Waals surface area contributed by atoms with Crippen LogP contribution in [0.25, 0.3) is 0 Å². The van der Waals surface area contributed by atoms with Gasteiger partial charge in [0.1, 0.15) is 0 Å². The topological polar surface area (TPSA) is 95.5 Å². The SMILES string of the molecule is O=C(Nc1cccc(C(F)(F)F)c1)c1cccc(NC(=O)C2CCCCC2C(=O)O)c1. The molecule has 2 atom stereocenters. The van der Waals surface area contributed by atoms with E-state index in [9.17, 15) is 32.7 Å². The van der Waals surface area contributed by atoms with E-state index in [0.717, 1.165) is 25.0 Å². The van der Waals surface area contributed by atoms with Gasteiger partial charge in [-0.05, 0) is 49.2 Å². The zero-order valence-corrected chi connectivity index (χ0v) is 16.4. The van der Waals surface area contributed by atoms with Crippen molar-refractivity contribution < 1.29 is 32.7 Å². The highest BCUT2D eigenvalue weighted by Gasteiger charge is 2.35. The Kier molecular flexibility index (Phi) is 6.62. The van der Waals surface area contributed by atoms with E-state index in [1.54, 1.807) is 6.07 Å². The van der Waals surface area contributed by atoms with E-state index in [1.165, 1.54) is 30.3 Å². The Morgan fingerprint density at radius 2 is 1.48 bits per heavy atom. The standard InChI is InChI=1S/C22H21F3N2O4/c23-22(24,25)14-6-4-8-16(12-14)26-19(28)13-5-3-7-15(11-13)27-20(29)17-9-1-2-10-18(17)21(30)31/h3-8,11-12,17-18H,1-2,9-10H2,(H,26,28)(H,27,29)(H,30,31). The summed E-state index contributed by atoms with van der Waals surface area (Å²) in [4.78, 5) is 36.5. The van der Waals surface area contributed by atoms with E-state index in [1.807, 2.05) is 0 Å². The molecule has 3 N–H and O–H groups in total. The molecule has 0 radical (unpaired) electrons. The van der Waals surface area contributed by atoms with Crippen LogP contribution in [0.5, 0.6) is 0 Å². The van der Waals surface area contributed by atoms with Gasteiger partial charge >= 0.3 is 12.1 Å². The molecule has 1 fully saturated rings. The van der Waals surface area contributed by atoms with Gasteiger partial charge in [-0.25, -0.2) is 0 Å². The molecule has 3 rings (SSSR count). The number of amides is 2. The number of aliphatic carboxylic acids is 1. The Balaban J connectivity index is 1.70. The lowest BCUT2D eigenvalue weighted by molar-refractivity contribution is -0.147. The molecule has 9 heteroatoms. The molecule has 1 aliphatic rings. The molecule has 1 aliphatic carbocycles. The van der Waals surface area contributed by atoms with Crippen LogP contribution in [0.15, 0.2) is 48.5 Å². The summed E-state index contributed by atoms with van der Waals surface area (Å²) in [5, 5.41) is 14.4. The van der Waals surface area contributed by atoms with Gasteiger partial charge in [0.2, 0.25) is 5.91 Å². The zero-order valence-electron chi connectivity index (χ0n) is 16.4. The number of carboxylic acid groups (broad SMARTS) is 1. The second-order valence-electron chi connectivity index (χ2n) is 7.44. The van der Waals surface area contributed by atoms with Gasteiger partial charge in [0.15, 0.2) is 0 Å². The predicted molar refractivity (Wildman–Crippen MR) is 108 cm³/mol. The molecule has 2 amide bonds. The minimum atomic E-state index is -4.53. The van der Waals surface area contributed by atoms with E-state index >= 15 is 0 Å². The van der Waals surface area contributed by atoms with Crippen LogP contribution in [0.4, 0.5) is 24.5 Å². The number of alkyl halides is 3. The van der Waals surface area contributed by atoms with Gasteiger partial charge in [0.05, 0.1) is 17.4 Å². The molecule has 2 unspecified atom stereocenters. The number of carbonyl (C=O) groups is 3. The van der Waals surface area contributed by atoms with Crippen LogP contribution < -0.4 is 10.6 Å². The molecule has 1 saturated carbocycles. The first-order chi connectivity index (χ1) is 14.6. The second kappa shape index (κ2) is 9.20. The summed E-state index contributed by atoms with van der Waals surface area (Å²) in [6, 6.07) is 10.2. The van der Waals surface area contributed by atoms with Crippen LogP contribution >= 0.6 is 0 Å². The van der Waals surface area contributed by atoms with E-state index in [-0.39, 0.29) is 11.3 Å². The molecule has 0 spiro atoms. The van der Waals surface area contributed by atoms with Crippen molar-refractivity contribution in [2.24, 2.45) is 11.8 Å². The number of anilines is 2. The van der Waals surface area contributed by atoms with Crippen molar-refractivity contribution in [3.63, 3.8) is 0 Å². The number of nitrogens with one attached hydrogen (secondary N) is 2. The van der Waals surface area contributed by atoms with Crippen LogP contribution in [0.3, 0.4) is 0 Å². The lowest BCUT2D eigenvalue weighted by Gasteiger charge is -2.27. The first-order valence-corrected chi connectivity index (χ1v) is 9.77. The van der Waals surface area contributed by atoms with Crippen LogP contribution in [0.1, 0.15) is 41.6 Å². The third-order valence-electron chi connectivity index (χ3n) is 5.26. The van der Waals surface area contributed by atoms with Gasteiger partial charge < -0.3 is 15.7 Å². The van der Waals surface area contributed by atoms with Crippen molar-refractivity contribution in [2.45, 2.75) is 31.9 Å². The number of carbonyl (C=O) groups excluding carboxylic acids is 2. The highest BCUT2D eigenvalue weighted by molar-refractivity contribution is 6.05.